The molecule has 2 aromatic heterocycles. The Bertz CT molecular complexity index is 469. The minimum absolute atomic E-state index is 0.235. The smallest absolute Gasteiger partial charge is 0.223 e. The van der Waals surface area contributed by atoms with Crippen LogP contribution in [0.3, 0.4) is 0 Å². The topological polar surface area (TPSA) is 93.6 Å². The fraction of sp³-hybridized carbons (Fsp3) is 0.500. The van der Waals surface area contributed by atoms with Crippen LogP contribution in [0.5, 0.6) is 0 Å². The van der Waals surface area contributed by atoms with Crippen molar-refractivity contribution in [1.29, 1.82) is 0 Å². The van der Waals surface area contributed by atoms with Crippen LogP contribution in [0.4, 0.5) is 0 Å². The Hall–Kier alpha value is -1.70. The molecule has 0 aliphatic carbocycles. The first-order valence-electron chi connectivity index (χ1n) is 6.02. The lowest BCUT2D eigenvalue weighted by atomic mass is 10.3. The summed E-state index contributed by atoms with van der Waals surface area (Å²) in [4.78, 5) is 4.04. The summed E-state index contributed by atoms with van der Waals surface area (Å²) in [6, 6.07) is 3.62. The van der Waals surface area contributed by atoms with Gasteiger partial charge in [0, 0.05) is 13.5 Å². The van der Waals surface area contributed by atoms with Gasteiger partial charge in [-0.05, 0) is 12.1 Å². The maximum Gasteiger partial charge on any atom is 0.223 e. The summed E-state index contributed by atoms with van der Waals surface area (Å²) in [6.07, 6.45) is 0.992. The molecule has 7 heteroatoms. The average Bonchev–Trinajstić information content (AvgIpc) is 3.01. The van der Waals surface area contributed by atoms with E-state index < -0.39 is 6.10 Å². The highest BCUT2D eigenvalue weighted by Gasteiger charge is 2.06. The first kappa shape index (κ1) is 13.7. The summed E-state index contributed by atoms with van der Waals surface area (Å²) < 4.78 is 15.3. The highest BCUT2D eigenvalue weighted by molar-refractivity contribution is 4.96. The van der Waals surface area contributed by atoms with Gasteiger partial charge < -0.3 is 24.1 Å². The van der Waals surface area contributed by atoms with E-state index in [4.69, 9.17) is 13.7 Å². The number of furan rings is 1. The second kappa shape index (κ2) is 7.03. The second-order valence-electron chi connectivity index (χ2n) is 4.11. The lowest BCUT2D eigenvalue weighted by Gasteiger charge is -2.10. The van der Waals surface area contributed by atoms with E-state index in [0.29, 0.717) is 31.4 Å². The predicted molar refractivity (Wildman–Crippen MR) is 65.1 cm³/mol. The zero-order valence-corrected chi connectivity index (χ0v) is 10.7. The number of aromatic nitrogens is 2. The number of rotatable bonds is 8. The molecule has 0 spiro atoms. The van der Waals surface area contributed by atoms with E-state index in [0.717, 1.165) is 5.76 Å². The molecule has 2 heterocycles. The Morgan fingerprint density at radius 3 is 3.11 bits per heavy atom. The van der Waals surface area contributed by atoms with E-state index in [-0.39, 0.29) is 6.61 Å². The van der Waals surface area contributed by atoms with E-state index in [1.54, 1.807) is 19.3 Å². The fourth-order valence-corrected chi connectivity index (χ4v) is 1.51. The molecule has 0 aliphatic rings. The van der Waals surface area contributed by atoms with Crippen molar-refractivity contribution in [2.45, 2.75) is 26.2 Å². The van der Waals surface area contributed by atoms with Gasteiger partial charge >= 0.3 is 0 Å². The quantitative estimate of drug-likeness (QED) is 0.724. The van der Waals surface area contributed by atoms with Crippen LogP contribution in [-0.2, 0) is 17.9 Å². The summed E-state index contributed by atoms with van der Waals surface area (Å²) in [5.41, 5.74) is 0. The maximum absolute atomic E-state index is 9.68. The molecule has 2 aromatic rings. The van der Waals surface area contributed by atoms with Gasteiger partial charge in [-0.25, -0.2) is 0 Å². The third-order valence-electron chi connectivity index (χ3n) is 2.37. The highest BCUT2D eigenvalue weighted by Crippen LogP contribution is 2.02. The number of aliphatic hydroxyl groups is 1. The third kappa shape index (κ3) is 4.82. The van der Waals surface area contributed by atoms with Crippen molar-refractivity contribution in [1.82, 2.24) is 15.5 Å². The number of hydrogen-bond donors (Lipinski definition) is 2. The summed E-state index contributed by atoms with van der Waals surface area (Å²) in [5.74, 6) is 1.84. The average molecular weight is 267 g/mol. The molecule has 0 saturated carbocycles. The molecule has 0 fully saturated rings. The number of aliphatic hydroxyl groups excluding tert-OH is 1. The predicted octanol–water partition coefficient (Wildman–Crippen LogP) is 0.638. The monoisotopic (exact) mass is 267 g/mol. The van der Waals surface area contributed by atoms with E-state index in [2.05, 4.69) is 15.5 Å². The van der Waals surface area contributed by atoms with Crippen molar-refractivity contribution >= 4 is 0 Å². The molecule has 2 N–H and O–H groups in total. The van der Waals surface area contributed by atoms with Gasteiger partial charge in [0.05, 0.1) is 25.5 Å². The Morgan fingerprint density at radius 1 is 1.53 bits per heavy atom. The van der Waals surface area contributed by atoms with Gasteiger partial charge in [-0.15, -0.1) is 0 Å². The third-order valence-corrected chi connectivity index (χ3v) is 2.37. The van der Waals surface area contributed by atoms with Crippen molar-refractivity contribution in [3.05, 3.63) is 35.9 Å². The molecule has 0 aliphatic heterocycles. The molecule has 19 heavy (non-hydrogen) atoms. The molecular weight excluding hydrogens is 250 g/mol. The van der Waals surface area contributed by atoms with Crippen LogP contribution in [0.2, 0.25) is 0 Å². The van der Waals surface area contributed by atoms with Crippen LogP contribution in [0.1, 0.15) is 17.5 Å². The maximum atomic E-state index is 9.68. The molecule has 0 bridgehead atoms. The number of aryl methyl sites for hydroxylation is 1. The zero-order valence-electron chi connectivity index (χ0n) is 10.7. The Balaban J connectivity index is 1.55. The Morgan fingerprint density at radius 2 is 2.42 bits per heavy atom. The zero-order chi connectivity index (χ0) is 13.5. The first-order chi connectivity index (χ1) is 9.24. The van der Waals surface area contributed by atoms with Crippen LogP contribution in [0, 0.1) is 6.92 Å². The molecule has 7 nitrogen and oxygen atoms in total. The summed E-state index contributed by atoms with van der Waals surface area (Å²) in [6.45, 7) is 3.17. The summed E-state index contributed by atoms with van der Waals surface area (Å²) in [7, 11) is 0. The number of ether oxygens (including phenoxy) is 1. The van der Waals surface area contributed by atoms with Gasteiger partial charge in [-0.3, -0.25) is 0 Å². The fourth-order valence-electron chi connectivity index (χ4n) is 1.51. The van der Waals surface area contributed by atoms with E-state index in [9.17, 15) is 5.11 Å². The molecule has 104 valence electrons. The van der Waals surface area contributed by atoms with Crippen LogP contribution in [0.15, 0.2) is 27.3 Å². The molecular formula is C12H17N3O4. The molecule has 1 unspecified atom stereocenters. The largest absolute Gasteiger partial charge is 0.467 e. The van der Waals surface area contributed by atoms with Crippen molar-refractivity contribution in [3.63, 3.8) is 0 Å². The van der Waals surface area contributed by atoms with E-state index >= 15 is 0 Å². The molecule has 0 saturated heterocycles. The summed E-state index contributed by atoms with van der Waals surface area (Å²) in [5, 5.41) is 16.4. The van der Waals surface area contributed by atoms with Crippen molar-refractivity contribution in [2.24, 2.45) is 0 Å². The van der Waals surface area contributed by atoms with Crippen molar-refractivity contribution in [2.75, 3.05) is 13.2 Å². The minimum atomic E-state index is -0.594. The second-order valence-corrected chi connectivity index (χ2v) is 4.11. The van der Waals surface area contributed by atoms with E-state index in [1.165, 1.54) is 0 Å². The number of nitrogens with zero attached hydrogens (tertiary/aromatic N) is 2. The number of nitrogens with one attached hydrogen (secondary N) is 1. The van der Waals surface area contributed by atoms with Gasteiger partial charge in [0.1, 0.15) is 12.4 Å². The molecule has 0 amide bonds. The molecule has 1 atom stereocenters. The lowest BCUT2D eigenvalue weighted by Crippen LogP contribution is -2.30. The normalized spacial score (nSPS) is 12.7. The van der Waals surface area contributed by atoms with Crippen LogP contribution >= 0.6 is 0 Å². The van der Waals surface area contributed by atoms with Gasteiger partial charge in [0.15, 0.2) is 5.82 Å². The molecule has 0 aromatic carbocycles. The Kier molecular flexibility index (Phi) is 5.08. The van der Waals surface area contributed by atoms with Gasteiger partial charge in [0.2, 0.25) is 5.89 Å². The number of hydrogen-bond acceptors (Lipinski definition) is 7. The van der Waals surface area contributed by atoms with Crippen molar-refractivity contribution < 1.29 is 18.8 Å². The molecule has 0 radical (unpaired) electrons. The minimum Gasteiger partial charge on any atom is -0.467 e. The van der Waals surface area contributed by atoms with Gasteiger partial charge in [0.25, 0.3) is 0 Å². The Labute approximate surface area is 110 Å². The SMILES string of the molecule is Cc1nc(CNCC(O)COCc2ccco2)no1. The van der Waals surface area contributed by atoms with E-state index in [1.807, 2.05) is 6.07 Å². The summed E-state index contributed by atoms with van der Waals surface area (Å²) >= 11 is 0. The lowest BCUT2D eigenvalue weighted by molar-refractivity contribution is 0.0225. The van der Waals surface area contributed by atoms with Gasteiger partial charge in [-0.2, -0.15) is 4.98 Å². The van der Waals surface area contributed by atoms with Crippen molar-refractivity contribution in [3.8, 4) is 0 Å². The van der Waals surface area contributed by atoms with Crippen LogP contribution in [-0.4, -0.2) is 34.5 Å². The molecule has 2 rings (SSSR count). The van der Waals surface area contributed by atoms with Crippen LogP contribution in [0.25, 0.3) is 0 Å². The highest BCUT2D eigenvalue weighted by atomic mass is 16.5. The standard InChI is InChI=1S/C12H17N3O4/c1-9-14-12(15-19-9)6-13-5-10(16)7-17-8-11-3-2-4-18-11/h2-4,10,13,16H,5-8H2,1H3. The van der Waals surface area contributed by atoms with Crippen LogP contribution < -0.4 is 5.32 Å². The van der Waals surface area contributed by atoms with Gasteiger partial charge in [-0.1, -0.05) is 5.16 Å². The first-order valence-corrected chi connectivity index (χ1v) is 6.02.